The van der Waals surface area contributed by atoms with Crippen LogP contribution in [0.3, 0.4) is 0 Å². The van der Waals surface area contributed by atoms with Crippen molar-refractivity contribution in [1.29, 1.82) is 0 Å². The number of ketones is 1. The molecule has 2 heterocycles. The van der Waals surface area contributed by atoms with E-state index in [-0.39, 0.29) is 11.7 Å². The van der Waals surface area contributed by atoms with Gasteiger partial charge in [-0.15, -0.1) is 0 Å². The van der Waals surface area contributed by atoms with Gasteiger partial charge in [-0.1, -0.05) is 42.5 Å². The van der Waals surface area contributed by atoms with Gasteiger partial charge in [-0.05, 0) is 24.6 Å². The summed E-state index contributed by atoms with van der Waals surface area (Å²) in [5.41, 5.74) is 3.82. The maximum Gasteiger partial charge on any atom is 0.336 e. The van der Waals surface area contributed by atoms with Crippen LogP contribution in [0.4, 0.5) is 0 Å². The molecule has 0 bridgehead atoms. The van der Waals surface area contributed by atoms with Crippen molar-refractivity contribution < 1.29 is 14.3 Å². The maximum absolute atomic E-state index is 13.3. The van der Waals surface area contributed by atoms with E-state index >= 15 is 0 Å². The topological polar surface area (TPSA) is 68.3 Å². The van der Waals surface area contributed by atoms with Crippen molar-refractivity contribution in [2.45, 2.75) is 25.2 Å². The first kappa shape index (κ1) is 18.2. The Morgan fingerprint density at radius 3 is 2.54 bits per heavy atom. The number of rotatable bonds is 3. The fourth-order valence-electron chi connectivity index (χ4n) is 4.25. The van der Waals surface area contributed by atoms with Crippen LogP contribution in [0.1, 0.15) is 36.4 Å². The summed E-state index contributed by atoms with van der Waals surface area (Å²) in [7, 11) is 1.36. The molecule has 2 aromatic rings. The van der Waals surface area contributed by atoms with Crippen molar-refractivity contribution in [2.75, 3.05) is 7.11 Å². The van der Waals surface area contributed by atoms with Crippen molar-refractivity contribution in [3.05, 3.63) is 89.0 Å². The number of methoxy groups -OCH3 is 1. The van der Waals surface area contributed by atoms with Gasteiger partial charge in [-0.25, -0.2) is 4.79 Å². The van der Waals surface area contributed by atoms with E-state index in [1.54, 1.807) is 6.20 Å². The van der Waals surface area contributed by atoms with E-state index in [1.807, 2.05) is 55.5 Å². The highest BCUT2D eigenvalue weighted by molar-refractivity contribution is 5.96. The SMILES string of the molecule is COC(=O)C1=C(C)NC2=CC(c3ccccc3)CC(=O)C2C1c1ccccn1. The molecule has 0 radical (unpaired) electrons. The molecule has 3 unspecified atom stereocenters. The fourth-order valence-corrected chi connectivity index (χ4v) is 4.25. The third-order valence-electron chi connectivity index (χ3n) is 5.50. The Morgan fingerprint density at radius 1 is 1.11 bits per heavy atom. The quantitative estimate of drug-likeness (QED) is 0.833. The number of fused-ring (bicyclic) bond motifs is 1. The van der Waals surface area contributed by atoms with Crippen molar-refractivity contribution >= 4 is 11.8 Å². The standard InChI is InChI=1S/C23H22N2O3/c1-14-20(23(27)28-2)22(17-10-6-7-11-24-17)21-18(25-14)12-16(13-19(21)26)15-8-4-3-5-9-15/h3-12,16,21-22,25H,13H2,1-2H3. The van der Waals surface area contributed by atoms with Crippen LogP contribution in [0.25, 0.3) is 0 Å². The van der Waals surface area contributed by atoms with Crippen molar-refractivity contribution in [2.24, 2.45) is 5.92 Å². The molecule has 28 heavy (non-hydrogen) atoms. The Bertz CT molecular complexity index is 964. The first-order valence-electron chi connectivity index (χ1n) is 9.36. The van der Waals surface area contributed by atoms with Gasteiger partial charge in [0, 0.05) is 35.6 Å². The molecule has 0 spiro atoms. The molecular weight excluding hydrogens is 352 g/mol. The van der Waals surface area contributed by atoms with Crippen LogP contribution < -0.4 is 5.32 Å². The maximum atomic E-state index is 13.3. The number of Topliss-reactive ketones (excluding diaryl/α,β-unsaturated/α-hetero) is 1. The van der Waals surface area contributed by atoms with Crippen LogP contribution in [0.2, 0.25) is 0 Å². The number of carbonyl (C=O) groups excluding carboxylic acids is 2. The number of ether oxygens (including phenoxy) is 1. The Morgan fingerprint density at radius 2 is 1.86 bits per heavy atom. The number of hydrogen-bond donors (Lipinski definition) is 1. The molecule has 3 atom stereocenters. The number of carbonyl (C=O) groups is 2. The van der Waals surface area contributed by atoms with Crippen LogP contribution in [0.5, 0.6) is 0 Å². The lowest BCUT2D eigenvalue weighted by Crippen LogP contribution is -2.42. The molecule has 5 nitrogen and oxygen atoms in total. The van der Waals surface area contributed by atoms with E-state index in [1.165, 1.54) is 7.11 Å². The molecular formula is C23H22N2O3. The third kappa shape index (κ3) is 3.13. The number of pyridine rings is 1. The molecule has 142 valence electrons. The van der Waals surface area contributed by atoms with Gasteiger partial charge in [0.1, 0.15) is 5.78 Å². The molecule has 2 aliphatic rings. The predicted octanol–water partition coefficient (Wildman–Crippen LogP) is 3.47. The average molecular weight is 374 g/mol. The zero-order chi connectivity index (χ0) is 19.7. The molecule has 0 saturated carbocycles. The first-order chi connectivity index (χ1) is 13.6. The first-order valence-corrected chi connectivity index (χ1v) is 9.36. The summed E-state index contributed by atoms with van der Waals surface area (Å²) in [6, 6.07) is 15.6. The Hall–Kier alpha value is -3.21. The Balaban J connectivity index is 1.83. The molecule has 1 aromatic carbocycles. The number of esters is 1. The van der Waals surface area contributed by atoms with Gasteiger partial charge in [0.2, 0.25) is 0 Å². The van der Waals surface area contributed by atoms with E-state index in [9.17, 15) is 9.59 Å². The zero-order valence-corrected chi connectivity index (χ0v) is 15.9. The summed E-state index contributed by atoms with van der Waals surface area (Å²) in [5.74, 6) is -1.23. The summed E-state index contributed by atoms with van der Waals surface area (Å²) < 4.78 is 5.02. The number of nitrogens with one attached hydrogen (secondary N) is 1. The van der Waals surface area contributed by atoms with E-state index in [2.05, 4.69) is 16.4 Å². The lowest BCUT2D eigenvalue weighted by Gasteiger charge is -2.39. The van der Waals surface area contributed by atoms with Crippen molar-refractivity contribution in [3.63, 3.8) is 0 Å². The summed E-state index contributed by atoms with van der Waals surface area (Å²) >= 11 is 0. The van der Waals surface area contributed by atoms with E-state index in [4.69, 9.17) is 4.74 Å². The smallest absolute Gasteiger partial charge is 0.336 e. The fraction of sp³-hybridized carbons (Fsp3) is 0.261. The number of allylic oxidation sites excluding steroid dienone is 3. The van der Waals surface area contributed by atoms with Crippen LogP contribution in [0, 0.1) is 5.92 Å². The largest absolute Gasteiger partial charge is 0.466 e. The Kier molecular flexibility index (Phi) is 4.82. The Labute approximate surface area is 164 Å². The number of hydrogen-bond acceptors (Lipinski definition) is 5. The lowest BCUT2D eigenvalue weighted by atomic mass is 9.69. The molecule has 1 aliphatic carbocycles. The minimum atomic E-state index is -0.465. The van der Waals surface area contributed by atoms with Gasteiger partial charge in [-0.2, -0.15) is 0 Å². The van der Waals surface area contributed by atoms with E-state index in [0.717, 1.165) is 11.3 Å². The van der Waals surface area contributed by atoms with Crippen LogP contribution >= 0.6 is 0 Å². The lowest BCUT2D eigenvalue weighted by molar-refractivity contribution is -0.136. The predicted molar refractivity (Wildman–Crippen MR) is 105 cm³/mol. The molecule has 1 aliphatic heterocycles. The number of benzene rings is 1. The monoisotopic (exact) mass is 374 g/mol. The highest BCUT2D eigenvalue weighted by atomic mass is 16.5. The molecule has 4 rings (SSSR count). The molecule has 0 saturated heterocycles. The minimum Gasteiger partial charge on any atom is -0.466 e. The molecule has 0 amide bonds. The molecule has 0 fully saturated rings. The average Bonchev–Trinajstić information content (AvgIpc) is 2.73. The van der Waals surface area contributed by atoms with E-state index in [0.29, 0.717) is 23.4 Å². The normalized spacial score (nSPS) is 24.1. The van der Waals surface area contributed by atoms with Gasteiger partial charge in [0.05, 0.1) is 24.5 Å². The number of nitrogens with zero attached hydrogens (tertiary/aromatic N) is 1. The van der Waals surface area contributed by atoms with Crippen molar-refractivity contribution in [1.82, 2.24) is 10.3 Å². The third-order valence-corrected chi connectivity index (χ3v) is 5.50. The summed E-state index contributed by atoms with van der Waals surface area (Å²) in [6.07, 6.45) is 4.21. The van der Waals surface area contributed by atoms with Gasteiger partial charge < -0.3 is 10.1 Å². The molecule has 1 N–H and O–H groups in total. The van der Waals surface area contributed by atoms with Crippen molar-refractivity contribution in [3.8, 4) is 0 Å². The molecule has 5 heteroatoms. The number of aromatic nitrogens is 1. The second kappa shape index (κ2) is 7.43. The summed E-state index contributed by atoms with van der Waals surface area (Å²) in [6.45, 7) is 1.84. The highest BCUT2D eigenvalue weighted by Crippen LogP contribution is 2.45. The highest BCUT2D eigenvalue weighted by Gasteiger charge is 2.45. The zero-order valence-electron chi connectivity index (χ0n) is 15.9. The second-order valence-corrected chi connectivity index (χ2v) is 7.17. The van der Waals surface area contributed by atoms with Gasteiger partial charge in [0.25, 0.3) is 0 Å². The van der Waals surface area contributed by atoms with Crippen LogP contribution in [-0.4, -0.2) is 23.8 Å². The summed E-state index contributed by atoms with van der Waals surface area (Å²) in [4.78, 5) is 30.3. The minimum absolute atomic E-state index is 0.0179. The van der Waals surface area contributed by atoms with Gasteiger partial charge in [-0.3, -0.25) is 9.78 Å². The van der Waals surface area contributed by atoms with Crippen LogP contribution in [-0.2, 0) is 14.3 Å². The molecule has 1 aromatic heterocycles. The van der Waals surface area contributed by atoms with Crippen LogP contribution in [0.15, 0.2) is 77.8 Å². The van der Waals surface area contributed by atoms with Gasteiger partial charge >= 0.3 is 5.97 Å². The summed E-state index contributed by atoms with van der Waals surface area (Å²) in [5, 5.41) is 3.30. The second-order valence-electron chi connectivity index (χ2n) is 7.17. The van der Waals surface area contributed by atoms with Gasteiger partial charge in [0.15, 0.2) is 0 Å². The van der Waals surface area contributed by atoms with E-state index < -0.39 is 17.8 Å².